The van der Waals surface area contributed by atoms with Crippen molar-refractivity contribution >= 4 is 25.9 Å². The fourth-order valence-electron chi connectivity index (χ4n) is 0.825. The lowest BCUT2D eigenvalue weighted by Crippen LogP contribution is -2.03. The van der Waals surface area contributed by atoms with Gasteiger partial charge in [0.15, 0.2) is 0 Å². The Labute approximate surface area is 89.9 Å². The van der Waals surface area contributed by atoms with E-state index in [1.165, 1.54) is 0 Å². The number of esters is 1. The first-order chi connectivity index (χ1) is 7.33. The highest BCUT2D eigenvalue weighted by Crippen LogP contribution is 2.00. The molecule has 15 heavy (non-hydrogen) atoms. The van der Waals surface area contributed by atoms with Crippen LogP contribution >= 0.6 is 8.37 Å². The standard InChI is InChI=1S/C10H11N2O2P/c1-2-14-10(13)8-11-12-15-9-6-4-3-5-7-9/h3-8H,2H2,1H3/b11-8+. The smallest absolute Gasteiger partial charge is 0.351 e. The fraction of sp³-hybridized carbons (Fsp3) is 0.200. The van der Waals surface area contributed by atoms with Crippen LogP contribution in [0.2, 0.25) is 0 Å². The number of nitrogens with zero attached hydrogens (tertiary/aromatic N) is 2. The van der Waals surface area contributed by atoms with Crippen molar-refractivity contribution in [2.24, 2.45) is 9.96 Å². The van der Waals surface area contributed by atoms with Crippen LogP contribution in [0, 0.1) is 0 Å². The van der Waals surface area contributed by atoms with E-state index < -0.39 is 5.97 Å². The molecule has 0 fully saturated rings. The minimum Gasteiger partial charge on any atom is -0.462 e. The normalized spacial score (nSPS) is 11.0. The quantitative estimate of drug-likeness (QED) is 0.338. The van der Waals surface area contributed by atoms with Crippen molar-refractivity contribution < 1.29 is 9.53 Å². The number of ether oxygens (including phenoxy) is 1. The number of hydrogen-bond donors (Lipinski definition) is 0. The van der Waals surface area contributed by atoms with Gasteiger partial charge >= 0.3 is 5.97 Å². The topological polar surface area (TPSA) is 51.0 Å². The van der Waals surface area contributed by atoms with Gasteiger partial charge < -0.3 is 4.74 Å². The largest absolute Gasteiger partial charge is 0.462 e. The van der Waals surface area contributed by atoms with Gasteiger partial charge in [-0.25, -0.2) is 4.79 Å². The fourth-order valence-corrected chi connectivity index (χ4v) is 1.34. The first kappa shape index (κ1) is 11.5. The van der Waals surface area contributed by atoms with Gasteiger partial charge in [0.2, 0.25) is 0 Å². The third-order valence-corrected chi connectivity index (χ3v) is 2.14. The highest BCUT2D eigenvalue weighted by atomic mass is 31.1. The third-order valence-electron chi connectivity index (χ3n) is 1.42. The van der Waals surface area contributed by atoms with Crippen molar-refractivity contribution in [2.45, 2.75) is 6.92 Å². The van der Waals surface area contributed by atoms with Crippen molar-refractivity contribution in [3.63, 3.8) is 0 Å². The molecule has 0 bridgehead atoms. The monoisotopic (exact) mass is 222 g/mol. The maximum Gasteiger partial charge on any atom is 0.351 e. The predicted octanol–water partition coefficient (Wildman–Crippen LogP) is 1.99. The van der Waals surface area contributed by atoms with Crippen LogP contribution < -0.4 is 5.30 Å². The molecule has 0 spiro atoms. The average Bonchev–Trinajstić information content (AvgIpc) is 2.26. The zero-order valence-electron chi connectivity index (χ0n) is 8.33. The molecule has 0 radical (unpaired) electrons. The average molecular weight is 222 g/mol. The van der Waals surface area contributed by atoms with Gasteiger partial charge in [0.05, 0.1) is 15.0 Å². The SMILES string of the molecule is CCOC(=O)/C=N/N=Pc1ccccc1. The number of rotatable bonds is 4. The molecule has 0 heterocycles. The van der Waals surface area contributed by atoms with E-state index in [2.05, 4.69) is 14.7 Å². The van der Waals surface area contributed by atoms with E-state index in [0.717, 1.165) is 11.5 Å². The number of carbonyl (C=O) groups is 1. The van der Waals surface area contributed by atoms with Crippen molar-refractivity contribution in [2.75, 3.05) is 6.61 Å². The molecule has 0 atom stereocenters. The molecule has 0 saturated carbocycles. The van der Waals surface area contributed by atoms with Crippen molar-refractivity contribution in [3.8, 4) is 0 Å². The highest BCUT2D eigenvalue weighted by molar-refractivity contribution is 7.36. The van der Waals surface area contributed by atoms with Crippen LogP contribution in [0.5, 0.6) is 0 Å². The number of benzene rings is 1. The van der Waals surface area contributed by atoms with Crippen molar-refractivity contribution in [3.05, 3.63) is 30.3 Å². The summed E-state index contributed by atoms with van der Waals surface area (Å²) >= 11 is 0. The second kappa shape index (κ2) is 6.85. The van der Waals surface area contributed by atoms with E-state index in [9.17, 15) is 4.79 Å². The lowest BCUT2D eigenvalue weighted by Gasteiger charge is -1.91. The maximum atomic E-state index is 10.8. The molecule has 0 N–H and O–H groups in total. The van der Waals surface area contributed by atoms with E-state index in [0.29, 0.717) is 15.0 Å². The molecule has 5 heteroatoms. The first-order valence-electron chi connectivity index (χ1n) is 4.49. The zero-order valence-corrected chi connectivity index (χ0v) is 9.22. The Morgan fingerprint density at radius 1 is 1.47 bits per heavy atom. The molecular formula is C10H11N2O2P. The molecular weight excluding hydrogens is 211 g/mol. The summed E-state index contributed by atoms with van der Waals surface area (Å²) in [4.78, 5) is 14.6. The summed E-state index contributed by atoms with van der Waals surface area (Å²) < 4.78 is 4.64. The highest BCUT2D eigenvalue weighted by Gasteiger charge is 1.92. The number of hydrogen-bond acceptors (Lipinski definition) is 3. The summed E-state index contributed by atoms with van der Waals surface area (Å²) in [5, 5.41) is 4.62. The molecule has 0 aliphatic heterocycles. The summed E-state index contributed by atoms with van der Waals surface area (Å²) in [5.41, 5.74) is 0. The van der Waals surface area contributed by atoms with Gasteiger partial charge in [-0.15, -0.1) is 9.96 Å². The second-order valence-corrected chi connectivity index (χ2v) is 3.42. The molecule has 4 nitrogen and oxygen atoms in total. The van der Waals surface area contributed by atoms with E-state index in [1.807, 2.05) is 30.3 Å². The minimum atomic E-state index is -0.468. The van der Waals surface area contributed by atoms with E-state index in [1.54, 1.807) is 6.92 Å². The van der Waals surface area contributed by atoms with Crippen LogP contribution in [-0.2, 0) is 9.53 Å². The molecule has 1 rings (SSSR count). The van der Waals surface area contributed by atoms with Crippen LogP contribution in [0.15, 0.2) is 40.3 Å². The molecule has 0 aliphatic carbocycles. The van der Waals surface area contributed by atoms with Gasteiger partial charge in [-0.3, -0.25) is 0 Å². The Morgan fingerprint density at radius 3 is 2.87 bits per heavy atom. The Kier molecular flexibility index (Phi) is 5.26. The summed E-state index contributed by atoms with van der Waals surface area (Å²) in [6.07, 6.45) is 1.07. The Bertz CT molecular complexity index is 363. The van der Waals surface area contributed by atoms with Crippen molar-refractivity contribution in [1.29, 1.82) is 0 Å². The van der Waals surface area contributed by atoms with E-state index >= 15 is 0 Å². The third kappa shape index (κ3) is 5.03. The Hall–Kier alpha value is -1.54. The van der Waals surface area contributed by atoms with Gasteiger partial charge in [0, 0.05) is 5.30 Å². The first-order valence-corrected chi connectivity index (χ1v) is 5.33. The van der Waals surface area contributed by atoms with Gasteiger partial charge in [-0.2, -0.15) is 0 Å². The second-order valence-electron chi connectivity index (χ2n) is 2.52. The van der Waals surface area contributed by atoms with Gasteiger partial charge in [-0.05, 0) is 19.1 Å². The summed E-state index contributed by atoms with van der Waals surface area (Å²) in [5.74, 6) is -0.468. The van der Waals surface area contributed by atoms with Gasteiger partial charge in [0.25, 0.3) is 0 Å². The summed E-state index contributed by atoms with van der Waals surface area (Å²) in [6.45, 7) is 2.09. The Morgan fingerprint density at radius 2 is 2.20 bits per heavy atom. The predicted molar refractivity (Wildman–Crippen MR) is 60.5 cm³/mol. The summed E-state index contributed by atoms with van der Waals surface area (Å²) in [7, 11) is 0.713. The van der Waals surface area contributed by atoms with Gasteiger partial charge in [0.1, 0.15) is 6.21 Å². The lowest BCUT2D eigenvalue weighted by atomic mass is 10.4. The van der Waals surface area contributed by atoms with Crippen LogP contribution in [0.4, 0.5) is 0 Å². The van der Waals surface area contributed by atoms with Crippen LogP contribution in [0.25, 0.3) is 0 Å². The van der Waals surface area contributed by atoms with E-state index in [-0.39, 0.29) is 0 Å². The lowest BCUT2D eigenvalue weighted by molar-refractivity contribution is -0.134. The molecule has 1 aromatic rings. The molecule has 78 valence electrons. The zero-order chi connectivity index (χ0) is 10.9. The molecule has 0 amide bonds. The maximum absolute atomic E-state index is 10.8. The number of carbonyl (C=O) groups excluding carboxylic acids is 1. The van der Waals surface area contributed by atoms with Crippen LogP contribution in [-0.4, -0.2) is 18.8 Å². The molecule has 0 unspecified atom stereocenters. The van der Waals surface area contributed by atoms with E-state index in [4.69, 9.17) is 0 Å². The van der Waals surface area contributed by atoms with Crippen molar-refractivity contribution in [1.82, 2.24) is 0 Å². The molecule has 0 aromatic heterocycles. The molecule has 0 saturated heterocycles. The Balaban J connectivity index is 2.43. The minimum absolute atomic E-state index is 0.348. The van der Waals surface area contributed by atoms with Gasteiger partial charge in [-0.1, -0.05) is 18.2 Å². The van der Waals surface area contributed by atoms with Crippen LogP contribution in [0.3, 0.4) is 0 Å². The van der Waals surface area contributed by atoms with Crippen LogP contribution in [0.1, 0.15) is 6.92 Å². The summed E-state index contributed by atoms with van der Waals surface area (Å²) in [6, 6.07) is 9.65. The molecule has 0 aliphatic rings. The molecule has 1 aromatic carbocycles.